The average Bonchev–Trinajstić information content (AvgIpc) is 3.29. The monoisotopic (exact) mass is 467 g/mol. The van der Waals surface area contributed by atoms with Crippen molar-refractivity contribution in [2.45, 2.75) is 19.5 Å². The highest BCUT2D eigenvalue weighted by Crippen LogP contribution is 2.30. The normalized spacial score (nSPS) is 15.5. The maximum Gasteiger partial charge on any atom is 0.323 e. The number of aliphatic carboxylic acids is 1. The van der Waals surface area contributed by atoms with E-state index < -0.39 is 18.5 Å². The van der Waals surface area contributed by atoms with Gasteiger partial charge < -0.3 is 20.2 Å². The van der Waals surface area contributed by atoms with Crippen molar-refractivity contribution in [3.8, 4) is 5.69 Å². The van der Waals surface area contributed by atoms with Crippen LogP contribution in [0.3, 0.4) is 0 Å². The van der Waals surface area contributed by atoms with Crippen LogP contribution >= 0.6 is 11.6 Å². The number of nitrogens with zero attached hydrogens (tertiary/aromatic N) is 4. The number of urea groups is 1. The number of carbonyl (C=O) groups is 3. The number of benzene rings is 2. The minimum Gasteiger partial charge on any atom is -0.480 e. The molecule has 0 unspecified atom stereocenters. The summed E-state index contributed by atoms with van der Waals surface area (Å²) in [6.45, 7) is 1.78. The van der Waals surface area contributed by atoms with Crippen LogP contribution in [0.1, 0.15) is 22.8 Å². The van der Waals surface area contributed by atoms with Crippen LogP contribution in [-0.2, 0) is 11.3 Å². The molecule has 0 saturated heterocycles. The molecule has 1 aromatic heterocycles. The number of nitrogens with one attached hydrogen (secondary N) is 1. The molecule has 1 atom stereocenters. The zero-order valence-corrected chi connectivity index (χ0v) is 18.6. The summed E-state index contributed by atoms with van der Waals surface area (Å²) in [7, 11) is 0. The Morgan fingerprint density at radius 1 is 1.18 bits per heavy atom. The van der Waals surface area contributed by atoms with Gasteiger partial charge in [0.2, 0.25) is 0 Å². The minimum atomic E-state index is -1.13. The Morgan fingerprint density at radius 2 is 1.97 bits per heavy atom. The lowest BCUT2D eigenvalue weighted by atomic mass is 10.1. The van der Waals surface area contributed by atoms with Crippen LogP contribution in [0, 0.1) is 0 Å². The zero-order chi connectivity index (χ0) is 23.5. The molecule has 0 bridgehead atoms. The molecule has 1 aliphatic rings. The summed E-state index contributed by atoms with van der Waals surface area (Å²) in [5, 5.41) is 15.8. The van der Waals surface area contributed by atoms with Crippen molar-refractivity contribution < 1.29 is 19.5 Å². The number of anilines is 1. The molecule has 0 fully saturated rings. The summed E-state index contributed by atoms with van der Waals surface area (Å²) in [6.07, 6.45) is 3.44. The summed E-state index contributed by atoms with van der Waals surface area (Å²) in [5.74, 6) is -1.42. The molecular formula is C23H22ClN5O4. The van der Waals surface area contributed by atoms with Crippen molar-refractivity contribution in [3.63, 3.8) is 0 Å². The van der Waals surface area contributed by atoms with Gasteiger partial charge in [-0.15, -0.1) is 0 Å². The maximum atomic E-state index is 13.6. The highest BCUT2D eigenvalue weighted by molar-refractivity contribution is 6.34. The maximum absolute atomic E-state index is 13.6. The van der Waals surface area contributed by atoms with Crippen LogP contribution in [0.5, 0.6) is 0 Å². The van der Waals surface area contributed by atoms with Crippen molar-refractivity contribution in [2.75, 3.05) is 18.0 Å². The van der Waals surface area contributed by atoms with Crippen LogP contribution in [-0.4, -0.2) is 56.8 Å². The van der Waals surface area contributed by atoms with E-state index in [2.05, 4.69) is 10.4 Å². The second-order valence-electron chi connectivity index (χ2n) is 7.69. The Morgan fingerprint density at radius 3 is 2.67 bits per heavy atom. The Bertz CT molecular complexity index is 1200. The lowest BCUT2D eigenvalue weighted by molar-refractivity contribution is -0.135. The van der Waals surface area contributed by atoms with E-state index in [0.717, 1.165) is 11.3 Å². The van der Waals surface area contributed by atoms with E-state index in [9.17, 15) is 14.4 Å². The number of carboxylic acids is 1. The third-order valence-corrected chi connectivity index (χ3v) is 5.76. The fraction of sp³-hybridized carbons (Fsp3) is 0.217. The number of hydrogen-bond acceptors (Lipinski definition) is 4. The highest BCUT2D eigenvalue weighted by Gasteiger charge is 2.32. The summed E-state index contributed by atoms with van der Waals surface area (Å²) < 4.78 is 1.65. The van der Waals surface area contributed by atoms with Crippen LogP contribution in [0.2, 0.25) is 5.02 Å². The van der Waals surface area contributed by atoms with Crippen molar-refractivity contribution >= 4 is 35.2 Å². The number of carbonyl (C=O) groups excluding carboxylic acids is 2. The predicted molar refractivity (Wildman–Crippen MR) is 123 cm³/mol. The van der Waals surface area contributed by atoms with Gasteiger partial charge in [0.15, 0.2) is 0 Å². The number of halogens is 1. The third-order valence-electron chi connectivity index (χ3n) is 5.45. The first-order valence-electron chi connectivity index (χ1n) is 10.3. The lowest BCUT2D eigenvalue weighted by Gasteiger charge is -2.29. The topological polar surface area (TPSA) is 108 Å². The first-order chi connectivity index (χ1) is 15.8. The van der Waals surface area contributed by atoms with Gasteiger partial charge in [0.05, 0.1) is 16.3 Å². The van der Waals surface area contributed by atoms with Crippen LogP contribution in [0.4, 0.5) is 10.5 Å². The molecule has 9 nitrogen and oxygen atoms in total. The van der Waals surface area contributed by atoms with Gasteiger partial charge in [-0.3, -0.25) is 9.59 Å². The predicted octanol–water partition coefficient (Wildman–Crippen LogP) is 3.17. The molecule has 0 spiro atoms. The van der Waals surface area contributed by atoms with Crippen molar-refractivity contribution in [2.24, 2.45) is 0 Å². The van der Waals surface area contributed by atoms with Gasteiger partial charge in [-0.25, -0.2) is 9.48 Å². The average molecular weight is 468 g/mol. The van der Waals surface area contributed by atoms with Crippen LogP contribution in [0.25, 0.3) is 5.69 Å². The third kappa shape index (κ3) is 4.68. The molecule has 170 valence electrons. The molecule has 2 N–H and O–H groups in total. The van der Waals surface area contributed by atoms with E-state index in [4.69, 9.17) is 16.7 Å². The van der Waals surface area contributed by atoms with Crippen LogP contribution in [0.15, 0.2) is 60.9 Å². The summed E-state index contributed by atoms with van der Waals surface area (Å²) in [6, 6.07) is 13.3. The van der Waals surface area contributed by atoms with Gasteiger partial charge in [0.1, 0.15) is 6.54 Å². The smallest absolute Gasteiger partial charge is 0.323 e. The van der Waals surface area contributed by atoms with Gasteiger partial charge in [0.25, 0.3) is 5.91 Å². The van der Waals surface area contributed by atoms with E-state index in [0.29, 0.717) is 16.3 Å². The Labute approximate surface area is 195 Å². The van der Waals surface area contributed by atoms with E-state index >= 15 is 0 Å². The molecule has 4 rings (SSSR count). The van der Waals surface area contributed by atoms with E-state index in [1.165, 1.54) is 4.90 Å². The number of hydrogen-bond donors (Lipinski definition) is 2. The molecule has 10 heteroatoms. The molecular weight excluding hydrogens is 446 g/mol. The van der Waals surface area contributed by atoms with Gasteiger partial charge >= 0.3 is 12.0 Å². The van der Waals surface area contributed by atoms with E-state index in [1.807, 2.05) is 31.2 Å². The second-order valence-corrected chi connectivity index (χ2v) is 8.10. The number of para-hydroxylation sites is 1. The van der Waals surface area contributed by atoms with Crippen molar-refractivity contribution in [3.05, 3.63) is 77.1 Å². The summed E-state index contributed by atoms with van der Waals surface area (Å²) >= 11 is 6.50. The van der Waals surface area contributed by atoms with Gasteiger partial charge in [-0.05, 0) is 42.8 Å². The van der Waals surface area contributed by atoms with E-state index in [1.54, 1.807) is 46.2 Å². The Kier molecular flexibility index (Phi) is 6.32. The van der Waals surface area contributed by atoms with Gasteiger partial charge in [-0.1, -0.05) is 29.8 Å². The molecule has 33 heavy (non-hydrogen) atoms. The van der Waals surface area contributed by atoms with Crippen molar-refractivity contribution in [1.29, 1.82) is 0 Å². The standard InChI is InChI=1S/C23H22ClN5O4/c1-15-13-28(22(32)18-8-7-17(11-19(18)24)29-10-4-9-26-29)20-6-3-2-5-16(20)14-27(15)23(33)25-12-21(30)31/h2-11,15H,12-14H2,1H3,(H,25,33)(H,30,31)/t15-/m0/s1. The minimum absolute atomic E-state index is 0.216. The van der Waals surface area contributed by atoms with Crippen LogP contribution < -0.4 is 10.2 Å². The largest absolute Gasteiger partial charge is 0.480 e. The SMILES string of the molecule is C[C@H]1CN(C(=O)c2ccc(-n3cccn3)cc2Cl)c2ccccc2CN1C(=O)NCC(=O)O. The molecule has 2 aromatic carbocycles. The fourth-order valence-corrected chi connectivity index (χ4v) is 4.07. The number of aromatic nitrogens is 2. The quantitative estimate of drug-likeness (QED) is 0.612. The molecule has 3 amide bonds. The van der Waals surface area contributed by atoms with Crippen molar-refractivity contribution in [1.82, 2.24) is 20.0 Å². The van der Waals surface area contributed by atoms with Gasteiger partial charge in [-0.2, -0.15) is 5.10 Å². The second kappa shape index (κ2) is 9.33. The first kappa shape index (κ1) is 22.3. The summed E-state index contributed by atoms with van der Waals surface area (Å²) in [5.41, 5.74) is 2.51. The molecule has 3 aromatic rings. The molecule has 0 radical (unpaired) electrons. The first-order valence-corrected chi connectivity index (χ1v) is 10.7. The molecule has 2 heterocycles. The molecule has 0 saturated carbocycles. The zero-order valence-electron chi connectivity index (χ0n) is 17.8. The molecule has 0 aliphatic carbocycles. The number of amides is 3. The van der Waals surface area contributed by atoms with E-state index in [-0.39, 0.29) is 25.0 Å². The number of rotatable bonds is 4. The van der Waals surface area contributed by atoms with Gasteiger partial charge in [0, 0.05) is 37.2 Å². The summed E-state index contributed by atoms with van der Waals surface area (Å²) in [4.78, 5) is 40.2. The highest BCUT2D eigenvalue weighted by atomic mass is 35.5. The Hall–Kier alpha value is -3.85. The number of carboxylic acid groups (broad SMARTS) is 1. The lowest BCUT2D eigenvalue weighted by Crippen LogP contribution is -2.49. The fourth-order valence-electron chi connectivity index (χ4n) is 3.81. The Balaban J connectivity index is 1.64. The molecule has 1 aliphatic heterocycles. The number of fused-ring (bicyclic) bond motifs is 1.